The highest BCUT2D eigenvalue weighted by molar-refractivity contribution is 5.96. The second-order valence-corrected chi connectivity index (χ2v) is 9.08. The van der Waals surface area contributed by atoms with Crippen LogP contribution in [-0.4, -0.2) is 77.7 Å². The van der Waals surface area contributed by atoms with Gasteiger partial charge in [0.15, 0.2) is 5.82 Å². The summed E-state index contributed by atoms with van der Waals surface area (Å²) in [6.07, 6.45) is 0.687. The SMILES string of the molecule is CCC(C)N(CC(=O)N1CCN(c2ccc(-c3cccc(OC)c3)nn2)CC1)C(=O)c1cccc(F)c1. The van der Waals surface area contributed by atoms with Crippen molar-refractivity contribution in [2.75, 3.05) is 44.7 Å². The van der Waals surface area contributed by atoms with E-state index < -0.39 is 5.82 Å². The van der Waals surface area contributed by atoms with Crippen molar-refractivity contribution < 1.29 is 18.7 Å². The fourth-order valence-electron chi connectivity index (χ4n) is 4.30. The fourth-order valence-corrected chi connectivity index (χ4v) is 4.30. The standard InChI is InChI=1S/C28H32FN5O3/c1-4-20(2)34(28(36)22-8-5-9-23(29)17-22)19-27(35)33-15-13-32(14-16-33)26-12-11-25(30-31-26)21-7-6-10-24(18-21)37-3/h5-12,17-18,20H,4,13-16,19H2,1-3H3. The molecule has 0 radical (unpaired) electrons. The predicted molar refractivity (Wildman–Crippen MR) is 140 cm³/mol. The third-order valence-electron chi connectivity index (χ3n) is 6.73. The van der Waals surface area contributed by atoms with E-state index in [-0.39, 0.29) is 30.0 Å². The molecule has 2 aromatic carbocycles. The second-order valence-electron chi connectivity index (χ2n) is 9.08. The number of halogens is 1. The fraction of sp³-hybridized carbons (Fsp3) is 0.357. The number of hydrogen-bond donors (Lipinski definition) is 0. The molecule has 0 N–H and O–H groups in total. The van der Waals surface area contributed by atoms with Crippen molar-refractivity contribution in [2.24, 2.45) is 0 Å². The third kappa shape index (κ3) is 6.22. The molecule has 1 atom stereocenters. The topological polar surface area (TPSA) is 78.9 Å². The van der Waals surface area contributed by atoms with Crippen LogP contribution in [0.5, 0.6) is 5.75 Å². The van der Waals surface area contributed by atoms with E-state index in [9.17, 15) is 14.0 Å². The van der Waals surface area contributed by atoms with Crippen LogP contribution >= 0.6 is 0 Å². The number of nitrogens with zero attached hydrogens (tertiary/aromatic N) is 5. The molecule has 37 heavy (non-hydrogen) atoms. The molecule has 1 aliphatic heterocycles. The minimum absolute atomic E-state index is 0.0423. The molecule has 2 heterocycles. The molecule has 194 valence electrons. The number of piperazine rings is 1. The summed E-state index contributed by atoms with van der Waals surface area (Å²) in [5.41, 5.74) is 1.92. The van der Waals surface area contributed by atoms with Crippen LogP contribution in [0, 0.1) is 5.82 Å². The molecule has 2 amide bonds. The molecule has 0 bridgehead atoms. The van der Waals surface area contributed by atoms with Crippen molar-refractivity contribution in [3.05, 3.63) is 72.0 Å². The zero-order valence-electron chi connectivity index (χ0n) is 21.4. The molecule has 0 aliphatic carbocycles. The number of aromatic nitrogens is 2. The summed E-state index contributed by atoms with van der Waals surface area (Å²) in [5, 5.41) is 8.78. The second kappa shape index (κ2) is 11.8. The maximum atomic E-state index is 13.7. The van der Waals surface area contributed by atoms with Crippen LogP contribution in [0.15, 0.2) is 60.7 Å². The number of benzene rings is 2. The van der Waals surface area contributed by atoms with Gasteiger partial charge in [-0.3, -0.25) is 9.59 Å². The van der Waals surface area contributed by atoms with Crippen molar-refractivity contribution in [1.82, 2.24) is 20.0 Å². The number of ether oxygens (including phenoxy) is 1. The molecule has 3 aromatic rings. The quantitative estimate of drug-likeness (QED) is 0.462. The molecule has 4 rings (SSSR count). The van der Waals surface area contributed by atoms with Crippen LogP contribution in [0.3, 0.4) is 0 Å². The predicted octanol–water partition coefficient (Wildman–Crippen LogP) is 3.88. The Kier molecular flexibility index (Phi) is 8.32. The minimum atomic E-state index is -0.475. The first-order chi connectivity index (χ1) is 17.9. The van der Waals surface area contributed by atoms with Gasteiger partial charge in [-0.1, -0.05) is 25.1 Å². The van der Waals surface area contributed by atoms with E-state index >= 15 is 0 Å². The Hall–Kier alpha value is -4.01. The van der Waals surface area contributed by atoms with Crippen LogP contribution in [0.25, 0.3) is 11.3 Å². The lowest BCUT2D eigenvalue weighted by atomic mass is 10.1. The van der Waals surface area contributed by atoms with E-state index in [4.69, 9.17) is 4.74 Å². The molecular weight excluding hydrogens is 473 g/mol. The van der Waals surface area contributed by atoms with Crippen molar-refractivity contribution >= 4 is 17.6 Å². The van der Waals surface area contributed by atoms with Gasteiger partial charge in [0.2, 0.25) is 5.91 Å². The minimum Gasteiger partial charge on any atom is -0.497 e. The molecule has 9 heteroatoms. The first-order valence-corrected chi connectivity index (χ1v) is 12.5. The number of hydrogen-bond acceptors (Lipinski definition) is 6. The Bertz CT molecular complexity index is 1230. The van der Waals surface area contributed by atoms with Crippen molar-refractivity contribution in [3.63, 3.8) is 0 Å². The van der Waals surface area contributed by atoms with Gasteiger partial charge in [-0.25, -0.2) is 4.39 Å². The lowest BCUT2D eigenvalue weighted by Gasteiger charge is -2.37. The van der Waals surface area contributed by atoms with Gasteiger partial charge in [-0.05, 0) is 55.8 Å². The summed E-state index contributed by atoms with van der Waals surface area (Å²) >= 11 is 0. The van der Waals surface area contributed by atoms with E-state index in [2.05, 4.69) is 15.1 Å². The Balaban J connectivity index is 1.36. The highest BCUT2D eigenvalue weighted by atomic mass is 19.1. The number of carbonyl (C=O) groups is 2. The summed E-state index contributed by atoms with van der Waals surface area (Å²) in [6.45, 7) is 6.07. The third-order valence-corrected chi connectivity index (χ3v) is 6.73. The molecule has 0 spiro atoms. The average Bonchev–Trinajstić information content (AvgIpc) is 2.95. The largest absolute Gasteiger partial charge is 0.497 e. The van der Waals surface area contributed by atoms with Crippen LogP contribution < -0.4 is 9.64 Å². The molecule has 1 aliphatic rings. The lowest BCUT2D eigenvalue weighted by molar-refractivity contribution is -0.132. The molecular formula is C28H32FN5O3. The Morgan fingerprint density at radius 2 is 1.78 bits per heavy atom. The Morgan fingerprint density at radius 3 is 2.43 bits per heavy atom. The van der Waals surface area contributed by atoms with E-state index in [1.807, 2.05) is 50.2 Å². The zero-order chi connectivity index (χ0) is 26.4. The molecule has 0 saturated carbocycles. The van der Waals surface area contributed by atoms with Gasteiger partial charge < -0.3 is 19.4 Å². The van der Waals surface area contributed by atoms with Crippen LogP contribution in [0.2, 0.25) is 0 Å². The summed E-state index contributed by atoms with van der Waals surface area (Å²) in [5.74, 6) is 0.573. The van der Waals surface area contributed by atoms with Gasteiger partial charge >= 0.3 is 0 Å². The normalized spacial score (nSPS) is 14.3. The first kappa shape index (κ1) is 26.1. The summed E-state index contributed by atoms with van der Waals surface area (Å²) < 4.78 is 19.0. The number of rotatable bonds is 8. The van der Waals surface area contributed by atoms with E-state index in [0.29, 0.717) is 32.6 Å². The summed E-state index contributed by atoms with van der Waals surface area (Å²) in [6, 6.07) is 17.0. The van der Waals surface area contributed by atoms with E-state index in [1.54, 1.807) is 18.1 Å². The van der Waals surface area contributed by atoms with Gasteiger partial charge in [-0.15, -0.1) is 10.2 Å². The van der Waals surface area contributed by atoms with Gasteiger partial charge in [0.25, 0.3) is 5.91 Å². The smallest absolute Gasteiger partial charge is 0.254 e. The highest BCUT2D eigenvalue weighted by Gasteiger charge is 2.28. The summed E-state index contributed by atoms with van der Waals surface area (Å²) in [4.78, 5) is 31.6. The van der Waals surface area contributed by atoms with Gasteiger partial charge in [0.05, 0.1) is 12.8 Å². The van der Waals surface area contributed by atoms with Gasteiger partial charge in [0.1, 0.15) is 18.1 Å². The summed E-state index contributed by atoms with van der Waals surface area (Å²) in [7, 11) is 1.63. The van der Waals surface area contributed by atoms with Crippen LogP contribution in [0.1, 0.15) is 30.6 Å². The number of carbonyl (C=O) groups excluding carboxylic acids is 2. The van der Waals surface area contributed by atoms with Crippen molar-refractivity contribution in [2.45, 2.75) is 26.3 Å². The number of anilines is 1. The van der Waals surface area contributed by atoms with Crippen molar-refractivity contribution in [3.8, 4) is 17.0 Å². The first-order valence-electron chi connectivity index (χ1n) is 12.5. The molecule has 1 saturated heterocycles. The number of amides is 2. The zero-order valence-corrected chi connectivity index (χ0v) is 21.4. The number of methoxy groups -OCH3 is 1. The van der Waals surface area contributed by atoms with Gasteiger partial charge in [0, 0.05) is 43.3 Å². The van der Waals surface area contributed by atoms with E-state index in [1.165, 1.54) is 23.1 Å². The molecule has 1 aromatic heterocycles. The average molecular weight is 506 g/mol. The monoisotopic (exact) mass is 505 g/mol. The van der Waals surface area contributed by atoms with E-state index in [0.717, 1.165) is 22.8 Å². The maximum Gasteiger partial charge on any atom is 0.254 e. The maximum absolute atomic E-state index is 13.7. The Labute approximate surface area is 216 Å². The lowest BCUT2D eigenvalue weighted by Crippen LogP contribution is -2.53. The van der Waals surface area contributed by atoms with Crippen LogP contribution in [-0.2, 0) is 4.79 Å². The van der Waals surface area contributed by atoms with Crippen LogP contribution in [0.4, 0.5) is 10.2 Å². The highest BCUT2D eigenvalue weighted by Crippen LogP contribution is 2.23. The molecule has 1 unspecified atom stereocenters. The van der Waals surface area contributed by atoms with Crippen molar-refractivity contribution in [1.29, 1.82) is 0 Å². The molecule has 1 fully saturated rings. The Morgan fingerprint density at radius 1 is 1.03 bits per heavy atom. The molecule has 8 nitrogen and oxygen atoms in total. The van der Waals surface area contributed by atoms with Gasteiger partial charge in [-0.2, -0.15) is 0 Å².